The number of halogens is 1. The van der Waals surface area contributed by atoms with E-state index in [2.05, 4.69) is 0 Å². The monoisotopic (exact) mass is 160 g/mol. The molecule has 11 heavy (non-hydrogen) atoms. The molecule has 0 saturated heterocycles. The Balaban J connectivity index is 4.17. The fourth-order valence-corrected chi connectivity index (χ4v) is 1.19. The molecule has 0 heterocycles. The molecule has 1 unspecified atom stereocenters. The lowest BCUT2D eigenvalue weighted by molar-refractivity contribution is -0.133. The van der Waals surface area contributed by atoms with E-state index in [1.165, 1.54) is 6.92 Å². The van der Waals surface area contributed by atoms with Crippen LogP contribution >= 0.6 is 0 Å². The lowest BCUT2D eigenvalue weighted by Crippen LogP contribution is -2.33. The van der Waals surface area contributed by atoms with Crippen molar-refractivity contribution in [2.24, 2.45) is 5.92 Å². The van der Waals surface area contributed by atoms with Crippen molar-refractivity contribution in [1.82, 2.24) is 0 Å². The van der Waals surface area contributed by atoms with Crippen molar-refractivity contribution in [3.63, 3.8) is 0 Å². The first-order valence-electron chi connectivity index (χ1n) is 4.15. The lowest BCUT2D eigenvalue weighted by Gasteiger charge is -2.19. The average Bonchev–Trinajstić information content (AvgIpc) is 1.86. The molecule has 0 aromatic heterocycles. The van der Waals surface area contributed by atoms with Gasteiger partial charge < -0.3 is 0 Å². The van der Waals surface area contributed by atoms with Gasteiger partial charge in [0.05, 0.1) is 0 Å². The molecule has 0 aliphatic rings. The highest BCUT2D eigenvalue weighted by atomic mass is 19.1. The van der Waals surface area contributed by atoms with Crippen LogP contribution in [-0.2, 0) is 4.79 Å². The molecule has 0 N–H and O–H groups in total. The van der Waals surface area contributed by atoms with Gasteiger partial charge in [-0.25, -0.2) is 4.39 Å². The molecule has 0 saturated carbocycles. The van der Waals surface area contributed by atoms with Crippen molar-refractivity contribution in [1.29, 1.82) is 0 Å². The van der Waals surface area contributed by atoms with E-state index in [9.17, 15) is 9.18 Å². The third-order valence-electron chi connectivity index (χ3n) is 1.76. The summed E-state index contributed by atoms with van der Waals surface area (Å²) in [5.41, 5.74) is -1.61. The summed E-state index contributed by atoms with van der Waals surface area (Å²) in [6.07, 6.45) is 1.05. The van der Waals surface area contributed by atoms with Crippen molar-refractivity contribution in [2.75, 3.05) is 0 Å². The maximum Gasteiger partial charge on any atom is 0.172 e. The molecule has 66 valence electrons. The third kappa shape index (κ3) is 3.00. The van der Waals surface area contributed by atoms with Crippen LogP contribution in [0.25, 0.3) is 0 Å². The first-order chi connectivity index (χ1) is 4.91. The highest BCUT2D eigenvalue weighted by Gasteiger charge is 2.32. The Kier molecular flexibility index (Phi) is 3.70. The van der Waals surface area contributed by atoms with Crippen molar-refractivity contribution >= 4 is 5.78 Å². The summed E-state index contributed by atoms with van der Waals surface area (Å²) >= 11 is 0. The smallest absolute Gasteiger partial charge is 0.172 e. The Morgan fingerprint density at radius 3 is 2.27 bits per heavy atom. The number of rotatable bonds is 4. The fraction of sp³-hybridized carbons (Fsp3) is 0.889. The minimum absolute atomic E-state index is 0.198. The van der Waals surface area contributed by atoms with Gasteiger partial charge in [0.2, 0.25) is 0 Å². The molecule has 0 spiro atoms. The van der Waals surface area contributed by atoms with E-state index in [0.717, 1.165) is 0 Å². The van der Waals surface area contributed by atoms with E-state index < -0.39 is 5.67 Å². The van der Waals surface area contributed by atoms with Gasteiger partial charge in [-0.05, 0) is 13.3 Å². The second kappa shape index (κ2) is 3.84. The van der Waals surface area contributed by atoms with E-state index in [4.69, 9.17) is 0 Å². The van der Waals surface area contributed by atoms with Gasteiger partial charge in [-0.2, -0.15) is 0 Å². The molecular formula is C9H17FO. The zero-order valence-corrected chi connectivity index (χ0v) is 7.78. The van der Waals surface area contributed by atoms with E-state index in [1.807, 2.05) is 6.92 Å². The molecule has 2 heteroatoms. The minimum atomic E-state index is -1.61. The molecule has 0 fully saturated rings. The molecule has 0 aliphatic carbocycles. The second-order valence-electron chi connectivity index (χ2n) is 3.47. The number of hydrogen-bond donors (Lipinski definition) is 0. The molecule has 0 aromatic rings. The second-order valence-corrected chi connectivity index (χ2v) is 3.47. The Labute approximate surface area is 68.0 Å². The summed E-state index contributed by atoms with van der Waals surface area (Å²) in [6.45, 7) is 6.72. The zero-order chi connectivity index (χ0) is 9.07. The maximum absolute atomic E-state index is 13.4. The lowest BCUT2D eigenvalue weighted by atomic mass is 9.90. The number of hydrogen-bond acceptors (Lipinski definition) is 1. The first kappa shape index (κ1) is 10.6. The summed E-state index contributed by atoms with van der Waals surface area (Å²) in [4.78, 5) is 11.2. The quantitative estimate of drug-likeness (QED) is 0.618. The molecule has 0 bridgehead atoms. The molecule has 0 aliphatic heterocycles. The van der Waals surface area contributed by atoms with Crippen LogP contribution in [0.1, 0.15) is 40.5 Å². The first-order valence-corrected chi connectivity index (χ1v) is 4.15. The summed E-state index contributed by atoms with van der Waals surface area (Å²) in [6, 6.07) is 0. The van der Waals surface area contributed by atoms with Crippen LogP contribution in [0.5, 0.6) is 0 Å². The van der Waals surface area contributed by atoms with Crippen LogP contribution in [0.4, 0.5) is 4.39 Å². The third-order valence-corrected chi connectivity index (χ3v) is 1.76. The number of alkyl halides is 1. The van der Waals surface area contributed by atoms with Gasteiger partial charge in [0.1, 0.15) is 0 Å². The standard InChI is InChI=1S/C9H17FO/c1-5-6-9(4,10)8(11)7(2)3/h7H,5-6H2,1-4H3. The highest BCUT2D eigenvalue weighted by molar-refractivity contribution is 5.88. The molecule has 0 rings (SSSR count). The summed E-state index contributed by atoms with van der Waals surface area (Å²) in [7, 11) is 0. The van der Waals surface area contributed by atoms with E-state index in [0.29, 0.717) is 12.8 Å². The van der Waals surface area contributed by atoms with Crippen LogP contribution in [0, 0.1) is 5.92 Å². The summed E-state index contributed by atoms with van der Waals surface area (Å²) < 4.78 is 13.4. The Morgan fingerprint density at radius 1 is 1.55 bits per heavy atom. The van der Waals surface area contributed by atoms with Crippen molar-refractivity contribution < 1.29 is 9.18 Å². The van der Waals surface area contributed by atoms with E-state index in [1.54, 1.807) is 13.8 Å². The zero-order valence-electron chi connectivity index (χ0n) is 7.78. The number of carbonyl (C=O) groups excluding carboxylic acids is 1. The minimum Gasteiger partial charge on any atom is -0.296 e. The molecule has 0 aromatic carbocycles. The van der Waals surface area contributed by atoms with E-state index >= 15 is 0 Å². The molecule has 1 atom stereocenters. The normalized spacial score (nSPS) is 16.5. The van der Waals surface area contributed by atoms with Crippen LogP contribution in [0.15, 0.2) is 0 Å². The van der Waals surface area contributed by atoms with Crippen molar-refractivity contribution in [3.05, 3.63) is 0 Å². The SMILES string of the molecule is CCCC(C)(F)C(=O)C(C)C. The summed E-state index contributed by atoms with van der Waals surface area (Å²) in [5.74, 6) is -0.476. The molecular weight excluding hydrogens is 143 g/mol. The van der Waals surface area contributed by atoms with Crippen LogP contribution < -0.4 is 0 Å². The number of Topliss-reactive ketones (excluding diaryl/α,β-unsaturated/α-hetero) is 1. The Hall–Kier alpha value is -0.400. The van der Waals surface area contributed by atoms with Crippen LogP contribution in [-0.4, -0.2) is 11.5 Å². The van der Waals surface area contributed by atoms with Crippen LogP contribution in [0.2, 0.25) is 0 Å². The van der Waals surface area contributed by atoms with E-state index in [-0.39, 0.29) is 11.7 Å². The van der Waals surface area contributed by atoms with Crippen LogP contribution in [0.3, 0.4) is 0 Å². The summed E-state index contributed by atoms with van der Waals surface area (Å²) in [5, 5.41) is 0. The van der Waals surface area contributed by atoms with Crippen molar-refractivity contribution in [3.8, 4) is 0 Å². The largest absolute Gasteiger partial charge is 0.296 e. The Morgan fingerprint density at radius 2 is 2.00 bits per heavy atom. The predicted molar refractivity (Wildman–Crippen MR) is 44.3 cm³/mol. The van der Waals surface area contributed by atoms with Gasteiger partial charge in [0, 0.05) is 5.92 Å². The van der Waals surface area contributed by atoms with Gasteiger partial charge in [-0.3, -0.25) is 4.79 Å². The van der Waals surface area contributed by atoms with Gasteiger partial charge in [-0.1, -0.05) is 27.2 Å². The maximum atomic E-state index is 13.4. The molecule has 1 nitrogen and oxygen atoms in total. The average molecular weight is 160 g/mol. The molecule has 0 radical (unpaired) electrons. The topological polar surface area (TPSA) is 17.1 Å². The van der Waals surface area contributed by atoms with Gasteiger partial charge >= 0.3 is 0 Å². The Bertz CT molecular complexity index is 138. The number of ketones is 1. The highest BCUT2D eigenvalue weighted by Crippen LogP contribution is 2.22. The molecule has 0 amide bonds. The van der Waals surface area contributed by atoms with Gasteiger partial charge in [0.25, 0.3) is 0 Å². The fourth-order valence-electron chi connectivity index (χ4n) is 1.19. The predicted octanol–water partition coefficient (Wildman–Crippen LogP) is 2.74. The van der Waals surface area contributed by atoms with Gasteiger partial charge in [0.15, 0.2) is 11.5 Å². The van der Waals surface area contributed by atoms with Crippen molar-refractivity contribution in [2.45, 2.75) is 46.2 Å². The van der Waals surface area contributed by atoms with Gasteiger partial charge in [-0.15, -0.1) is 0 Å². The number of carbonyl (C=O) groups is 1.